The molecule has 0 aromatic rings. The lowest BCUT2D eigenvalue weighted by molar-refractivity contribution is 0.0650. The fourth-order valence-electron chi connectivity index (χ4n) is 1.30. The van der Waals surface area contributed by atoms with Crippen molar-refractivity contribution >= 4 is 0 Å². The molecule has 0 aromatic heterocycles. The maximum Gasteiger partial charge on any atom is 0.155 e. The van der Waals surface area contributed by atoms with Crippen molar-refractivity contribution in [1.29, 1.82) is 0 Å². The third kappa shape index (κ3) is 5.93. The standard InChI is InChI=1S/C12H18N2O4/c1-5-12(18-14-16)10(4)6-7-11(9(2)3)8-17-13-15/h5-7,10-12H,1-2,8H2,3-4H3. The minimum atomic E-state index is -0.491. The zero-order valence-corrected chi connectivity index (χ0v) is 10.6. The Morgan fingerprint density at radius 2 is 2.00 bits per heavy atom. The van der Waals surface area contributed by atoms with Crippen LogP contribution in [0.25, 0.3) is 0 Å². The Morgan fingerprint density at radius 3 is 2.44 bits per heavy atom. The van der Waals surface area contributed by atoms with Crippen LogP contribution in [-0.2, 0) is 9.68 Å². The molecule has 100 valence electrons. The van der Waals surface area contributed by atoms with E-state index in [0.717, 1.165) is 5.57 Å². The maximum atomic E-state index is 10.0. The average Bonchev–Trinajstić information content (AvgIpc) is 2.35. The van der Waals surface area contributed by atoms with Crippen molar-refractivity contribution in [2.24, 2.45) is 22.5 Å². The van der Waals surface area contributed by atoms with Crippen LogP contribution in [0.5, 0.6) is 0 Å². The molecule has 0 saturated heterocycles. The fourth-order valence-corrected chi connectivity index (χ4v) is 1.30. The third-order valence-electron chi connectivity index (χ3n) is 2.50. The molecule has 0 saturated carbocycles. The van der Waals surface area contributed by atoms with E-state index in [1.54, 1.807) is 0 Å². The van der Waals surface area contributed by atoms with Gasteiger partial charge in [0.1, 0.15) is 6.61 Å². The van der Waals surface area contributed by atoms with Crippen LogP contribution in [0, 0.1) is 21.6 Å². The van der Waals surface area contributed by atoms with Gasteiger partial charge in [0.15, 0.2) is 16.8 Å². The summed E-state index contributed by atoms with van der Waals surface area (Å²) >= 11 is 0. The van der Waals surface area contributed by atoms with Crippen LogP contribution in [0.4, 0.5) is 0 Å². The highest BCUT2D eigenvalue weighted by Gasteiger charge is 2.14. The van der Waals surface area contributed by atoms with Crippen molar-refractivity contribution in [2.45, 2.75) is 20.0 Å². The number of rotatable bonds is 10. The molecule has 0 N–H and O–H groups in total. The Labute approximate surface area is 106 Å². The summed E-state index contributed by atoms with van der Waals surface area (Å²) in [4.78, 5) is 29.0. The second-order valence-electron chi connectivity index (χ2n) is 3.95. The molecule has 0 rings (SSSR count). The van der Waals surface area contributed by atoms with E-state index >= 15 is 0 Å². The first-order valence-electron chi connectivity index (χ1n) is 5.46. The summed E-state index contributed by atoms with van der Waals surface area (Å²) in [5.41, 5.74) is 0.840. The van der Waals surface area contributed by atoms with Gasteiger partial charge in [-0.25, -0.2) is 0 Å². The van der Waals surface area contributed by atoms with E-state index in [1.807, 2.05) is 26.0 Å². The molecule has 0 radical (unpaired) electrons. The monoisotopic (exact) mass is 254 g/mol. The first-order chi connectivity index (χ1) is 8.56. The molecule has 3 unspecified atom stereocenters. The Morgan fingerprint density at radius 1 is 1.33 bits per heavy atom. The van der Waals surface area contributed by atoms with Gasteiger partial charge in [-0.3, -0.25) is 0 Å². The first-order valence-corrected chi connectivity index (χ1v) is 5.46. The maximum absolute atomic E-state index is 10.0. The van der Waals surface area contributed by atoms with Crippen LogP contribution in [0.1, 0.15) is 13.8 Å². The first kappa shape index (κ1) is 16.0. The Balaban J connectivity index is 4.54. The largest absolute Gasteiger partial charge is 0.363 e. The quantitative estimate of drug-likeness (QED) is 0.340. The van der Waals surface area contributed by atoms with Gasteiger partial charge in [-0.2, -0.15) is 0 Å². The summed E-state index contributed by atoms with van der Waals surface area (Å²) in [6.45, 7) is 11.2. The Bertz CT molecular complexity index is 328. The van der Waals surface area contributed by atoms with Gasteiger partial charge in [0.05, 0.1) is 0 Å². The molecule has 6 heteroatoms. The predicted molar refractivity (Wildman–Crippen MR) is 69.2 cm³/mol. The van der Waals surface area contributed by atoms with Crippen LogP contribution in [0.15, 0.2) is 47.6 Å². The van der Waals surface area contributed by atoms with Gasteiger partial charge in [-0.1, -0.05) is 37.8 Å². The van der Waals surface area contributed by atoms with E-state index in [1.165, 1.54) is 6.08 Å². The Kier molecular flexibility index (Phi) is 8.09. The molecule has 0 heterocycles. The van der Waals surface area contributed by atoms with Crippen molar-refractivity contribution in [3.05, 3.63) is 46.8 Å². The summed E-state index contributed by atoms with van der Waals surface area (Å²) in [5.74, 6) is -0.217. The molecule has 0 fully saturated rings. The molecular weight excluding hydrogens is 236 g/mol. The van der Waals surface area contributed by atoms with E-state index in [2.05, 4.69) is 33.5 Å². The van der Waals surface area contributed by atoms with E-state index in [-0.39, 0.29) is 18.4 Å². The lowest BCUT2D eigenvalue weighted by Gasteiger charge is -2.15. The van der Waals surface area contributed by atoms with Crippen LogP contribution >= 0.6 is 0 Å². The normalized spacial score (nSPS) is 15.4. The van der Waals surface area contributed by atoms with E-state index in [4.69, 9.17) is 0 Å². The molecular formula is C12H18N2O4. The van der Waals surface area contributed by atoms with Crippen molar-refractivity contribution in [2.75, 3.05) is 6.61 Å². The molecule has 0 spiro atoms. The van der Waals surface area contributed by atoms with Crippen LogP contribution in [-0.4, -0.2) is 12.7 Å². The van der Waals surface area contributed by atoms with Gasteiger partial charge in [-0.15, -0.1) is 9.81 Å². The van der Waals surface area contributed by atoms with Gasteiger partial charge < -0.3 is 9.68 Å². The average molecular weight is 254 g/mol. The number of hydrogen-bond acceptors (Lipinski definition) is 6. The topological polar surface area (TPSA) is 77.3 Å². The zero-order valence-electron chi connectivity index (χ0n) is 10.6. The predicted octanol–water partition coefficient (Wildman–Crippen LogP) is 3.32. The SMILES string of the molecule is C=CC(ON=O)C(C)C=CC(CON=O)C(=C)C. The highest BCUT2D eigenvalue weighted by atomic mass is 16.7. The third-order valence-corrected chi connectivity index (χ3v) is 2.50. The lowest BCUT2D eigenvalue weighted by Crippen LogP contribution is -2.15. The summed E-state index contributed by atoms with van der Waals surface area (Å²) in [5, 5.41) is 4.73. The number of nitrogens with zero attached hydrogens (tertiary/aromatic N) is 2. The minimum absolute atomic E-state index is 0.0914. The van der Waals surface area contributed by atoms with Gasteiger partial charge >= 0.3 is 0 Å². The lowest BCUT2D eigenvalue weighted by atomic mass is 9.98. The van der Waals surface area contributed by atoms with Gasteiger partial charge in [0.2, 0.25) is 0 Å². The molecule has 0 aromatic carbocycles. The van der Waals surface area contributed by atoms with E-state index in [0.29, 0.717) is 0 Å². The highest BCUT2D eigenvalue weighted by Crippen LogP contribution is 2.16. The molecule has 3 atom stereocenters. The molecule has 0 aliphatic rings. The van der Waals surface area contributed by atoms with Crippen molar-refractivity contribution in [3.8, 4) is 0 Å². The van der Waals surface area contributed by atoms with E-state index in [9.17, 15) is 9.81 Å². The van der Waals surface area contributed by atoms with Gasteiger partial charge in [0, 0.05) is 11.8 Å². The summed E-state index contributed by atoms with van der Waals surface area (Å²) in [7, 11) is 0. The molecule has 0 aliphatic carbocycles. The van der Waals surface area contributed by atoms with Crippen LogP contribution < -0.4 is 0 Å². The van der Waals surface area contributed by atoms with E-state index < -0.39 is 6.10 Å². The van der Waals surface area contributed by atoms with Crippen molar-refractivity contribution in [3.63, 3.8) is 0 Å². The summed E-state index contributed by atoms with van der Waals surface area (Å²) in [6, 6.07) is 0. The van der Waals surface area contributed by atoms with Gasteiger partial charge in [0.25, 0.3) is 0 Å². The second-order valence-corrected chi connectivity index (χ2v) is 3.95. The Hall–Kier alpha value is -1.98. The molecule has 0 amide bonds. The summed E-state index contributed by atoms with van der Waals surface area (Å²) < 4.78 is 0. The van der Waals surface area contributed by atoms with Crippen LogP contribution in [0.3, 0.4) is 0 Å². The van der Waals surface area contributed by atoms with Gasteiger partial charge in [-0.05, 0) is 13.0 Å². The summed E-state index contributed by atoms with van der Waals surface area (Å²) in [6.07, 6.45) is 4.65. The highest BCUT2D eigenvalue weighted by molar-refractivity contribution is 5.09. The van der Waals surface area contributed by atoms with Crippen molar-refractivity contribution < 1.29 is 9.68 Å². The second kappa shape index (κ2) is 9.09. The fraction of sp³-hybridized carbons (Fsp3) is 0.500. The molecule has 18 heavy (non-hydrogen) atoms. The molecule has 0 bridgehead atoms. The van der Waals surface area contributed by atoms with Crippen molar-refractivity contribution in [1.82, 2.24) is 0 Å². The molecule has 0 aliphatic heterocycles. The minimum Gasteiger partial charge on any atom is -0.363 e. The molecule has 6 nitrogen and oxygen atoms in total. The number of hydrogen-bond donors (Lipinski definition) is 0. The smallest absolute Gasteiger partial charge is 0.155 e. The zero-order chi connectivity index (χ0) is 14.0. The van der Waals surface area contributed by atoms with Crippen LogP contribution in [0.2, 0.25) is 0 Å².